The van der Waals surface area contributed by atoms with Crippen molar-refractivity contribution in [3.05, 3.63) is 59.5 Å². The summed E-state index contributed by atoms with van der Waals surface area (Å²) in [5.74, 6) is -0.579. The van der Waals surface area contributed by atoms with Crippen LogP contribution in [0.25, 0.3) is 10.9 Å². The zero-order valence-electron chi connectivity index (χ0n) is 19.8. The normalized spacial score (nSPS) is 20.7. The van der Waals surface area contributed by atoms with Gasteiger partial charge in [-0.25, -0.2) is 4.39 Å². The fourth-order valence-corrected chi connectivity index (χ4v) is 4.93. The van der Waals surface area contributed by atoms with Crippen LogP contribution in [0.3, 0.4) is 0 Å². The molecule has 3 N–H and O–H groups in total. The number of nitrogens with zero attached hydrogens (tertiary/aromatic N) is 1. The Hall–Kier alpha value is -4.08. The molecule has 1 aromatic heterocycles. The number of fused-ring (bicyclic) bond motifs is 4. The number of H-pyrrole nitrogens is 1. The monoisotopic (exact) mass is 494 g/mol. The van der Waals surface area contributed by atoms with Crippen LogP contribution in [0.2, 0.25) is 0 Å². The second-order valence-electron chi connectivity index (χ2n) is 8.99. The van der Waals surface area contributed by atoms with E-state index >= 15 is 0 Å². The maximum absolute atomic E-state index is 13.9. The first kappa shape index (κ1) is 23.7. The van der Waals surface area contributed by atoms with Gasteiger partial charge in [0.2, 0.25) is 5.91 Å². The van der Waals surface area contributed by atoms with Crippen LogP contribution in [-0.2, 0) is 4.79 Å². The van der Waals surface area contributed by atoms with E-state index in [0.717, 1.165) is 17.0 Å². The van der Waals surface area contributed by atoms with Crippen molar-refractivity contribution in [3.63, 3.8) is 0 Å². The Morgan fingerprint density at radius 1 is 1.08 bits per heavy atom. The van der Waals surface area contributed by atoms with E-state index in [1.165, 1.54) is 12.1 Å². The minimum Gasteiger partial charge on any atom is -0.497 e. The molecule has 3 amide bonds. The third-order valence-electron chi connectivity index (χ3n) is 6.70. The lowest BCUT2D eigenvalue weighted by atomic mass is 10.1. The fraction of sp³-hybridized carbons (Fsp3) is 0.346. The van der Waals surface area contributed by atoms with Crippen molar-refractivity contribution in [1.29, 1.82) is 0 Å². The number of benzene rings is 2. The maximum Gasteiger partial charge on any atom is 0.270 e. The predicted molar refractivity (Wildman–Crippen MR) is 130 cm³/mol. The second-order valence-corrected chi connectivity index (χ2v) is 8.99. The molecule has 0 spiro atoms. The summed E-state index contributed by atoms with van der Waals surface area (Å²) < 4.78 is 24.8. The minimum atomic E-state index is -0.560. The van der Waals surface area contributed by atoms with E-state index in [9.17, 15) is 18.8 Å². The fourth-order valence-electron chi connectivity index (χ4n) is 4.93. The number of amides is 3. The van der Waals surface area contributed by atoms with Crippen molar-refractivity contribution in [3.8, 4) is 11.5 Å². The van der Waals surface area contributed by atoms with Gasteiger partial charge in [0.05, 0.1) is 19.2 Å². The molecule has 0 radical (unpaired) electrons. The quantitative estimate of drug-likeness (QED) is 0.507. The molecule has 2 atom stereocenters. The molecule has 0 unspecified atom stereocenters. The van der Waals surface area contributed by atoms with Crippen molar-refractivity contribution in [1.82, 2.24) is 20.5 Å². The number of rotatable bonds is 2. The summed E-state index contributed by atoms with van der Waals surface area (Å²) in [6.45, 7) is 0.490. The molecule has 10 heteroatoms. The maximum atomic E-state index is 13.9. The largest absolute Gasteiger partial charge is 0.497 e. The predicted octanol–water partition coefficient (Wildman–Crippen LogP) is 2.62. The highest BCUT2D eigenvalue weighted by Crippen LogP contribution is 2.30. The van der Waals surface area contributed by atoms with Gasteiger partial charge in [-0.1, -0.05) is 0 Å². The second kappa shape index (κ2) is 9.88. The number of hydrogen-bond donors (Lipinski definition) is 3. The molecule has 9 nitrogen and oxygen atoms in total. The Balaban J connectivity index is 1.44. The third kappa shape index (κ3) is 4.71. The van der Waals surface area contributed by atoms with Crippen LogP contribution in [0.15, 0.2) is 42.5 Å². The van der Waals surface area contributed by atoms with E-state index in [-0.39, 0.29) is 61.3 Å². The standard InChI is InChI=1S/C26H27FN4O5/c1-35-19-5-6-21-15(10-19)11-22(30-21)26(34)31-17-3-4-18(31)14-29-25(33)20-12-16(27)2-7-23(20)36-9-8-28-24(32)13-17/h2,5-7,10-12,17-18,30H,3-4,8-9,13-14H2,1H3,(H,28,32)(H,29,33)/t17-,18+/m0/s1. The highest BCUT2D eigenvalue weighted by molar-refractivity contribution is 5.99. The van der Waals surface area contributed by atoms with Gasteiger partial charge < -0.3 is 30.0 Å². The Labute approximate surface area is 206 Å². The molecule has 1 fully saturated rings. The number of hydrogen-bond acceptors (Lipinski definition) is 5. The minimum absolute atomic E-state index is 0.0652. The molecule has 2 aliphatic heterocycles. The molecular weight excluding hydrogens is 467 g/mol. The summed E-state index contributed by atoms with van der Waals surface area (Å²) in [5.41, 5.74) is 1.25. The van der Waals surface area contributed by atoms with Gasteiger partial charge in [0.25, 0.3) is 11.8 Å². The molecule has 3 heterocycles. The number of ether oxygens (including phenoxy) is 2. The lowest BCUT2D eigenvalue weighted by Gasteiger charge is -2.30. The first-order valence-corrected chi connectivity index (χ1v) is 11.9. The Morgan fingerprint density at radius 3 is 2.75 bits per heavy atom. The highest BCUT2D eigenvalue weighted by Gasteiger charge is 2.39. The molecule has 5 rings (SSSR count). The summed E-state index contributed by atoms with van der Waals surface area (Å²) in [6, 6.07) is 10.3. The number of halogens is 1. The van der Waals surface area contributed by atoms with E-state index in [1.54, 1.807) is 18.1 Å². The van der Waals surface area contributed by atoms with Crippen molar-refractivity contribution in [2.45, 2.75) is 31.3 Å². The van der Waals surface area contributed by atoms with Crippen LogP contribution in [0, 0.1) is 5.82 Å². The van der Waals surface area contributed by atoms with Gasteiger partial charge in [0.15, 0.2) is 0 Å². The Morgan fingerprint density at radius 2 is 1.92 bits per heavy atom. The SMILES string of the molecule is COc1ccc2[nH]c(C(=O)N3[C@@H]4CC[C@H]3CC(=O)NCCOc3ccc(F)cc3C(=O)NC4)cc2c1. The van der Waals surface area contributed by atoms with Crippen molar-refractivity contribution < 1.29 is 28.2 Å². The van der Waals surface area contributed by atoms with Gasteiger partial charge in [-0.15, -0.1) is 0 Å². The van der Waals surface area contributed by atoms with Crippen LogP contribution in [-0.4, -0.2) is 66.5 Å². The smallest absolute Gasteiger partial charge is 0.270 e. The molecule has 1 saturated heterocycles. The molecule has 188 valence electrons. The van der Waals surface area contributed by atoms with Gasteiger partial charge in [0, 0.05) is 36.0 Å². The molecule has 0 aliphatic carbocycles. The third-order valence-corrected chi connectivity index (χ3v) is 6.70. The Kier molecular flexibility index (Phi) is 6.49. The summed E-state index contributed by atoms with van der Waals surface area (Å²) in [5, 5.41) is 6.47. The molecular formula is C26H27FN4O5. The number of nitrogens with one attached hydrogen (secondary N) is 3. The van der Waals surface area contributed by atoms with E-state index in [2.05, 4.69) is 15.6 Å². The Bertz CT molecular complexity index is 1320. The number of carbonyl (C=O) groups excluding carboxylic acids is 3. The molecule has 0 saturated carbocycles. The first-order valence-electron chi connectivity index (χ1n) is 11.9. The van der Waals surface area contributed by atoms with Crippen LogP contribution in [0.5, 0.6) is 11.5 Å². The van der Waals surface area contributed by atoms with Gasteiger partial charge in [-0.3, -0.25) is 14.4 Å². The number of carbonyl (C=O) groups is 3. The molecule has 3 aromatic rings. The lowest BCUT2D eigenvalue weighted by molar-refractivity contribution is -0.122. The van der Waals surface area contributed by atoms with E-state index in [1.807, 2.05) is 18.2 Å². The van der Waals surface area contributed by atoms with E-state index in [0.29, 0.717) is 24.3 Å². The van der Waals surface area contributed by atoms with Gasteiger partial charge in [-0.2, -0.15) is 0 Å². The average Bonchev–Trinajstić information content (AvgIpc) is 3.48. The molecule has 2 aliphatic rings. The summed E-state index contributed by atoms with van der Waals surface area (Å²) >= 11 is 0. The summed E-state index contributed by atoms with van der Waals surface area (Å²) in [7, 11) is 1.58. The van der Waals surface area contributed by atoms with Gasteiger partial charge in [0.1, 0.15) is 29.6 Å². The summed E-state index contributed by atoms with van der Waals surface area (Å²) in [4.78, 5) is 44.1. The van der Waals surface area contributed by atoms with Crippen LogP contribution >= 0.6 is 0 Å². The van der Waals surface area contributed by atoms with Gasteiger partial charge in [-0.05, 0) is 55.3 Å². The van der Waals surface area contributed by atoms with E-state index < -0.39 is 11.7 Å². The highest BCUT2D eigenvalue weighted by atomic mass is 19.1. The summed E-state index contributed by atoms with van der Waals surface area (Å²) in [6.07, 6.45) is 1.38. The van der Waals surface area contributed by atoms with Crippen LogP contribution in [0.4, 0.5) is 4.39 Å². The van der Waals surface area contributed by atoms with Crippen LogP contribution < -0.4 is 20.1 Å². The van der Waals surface area contributed by atoms with Crippen molar-refractivity contribution in [2.75, 3.05) is 26.8 Å². The van der Waals surface area contributed by atoms with Crippen molar-refractivity contribution >= 4 is 28.6 Å². The number of aromatic nitrogens is 1. The average molecular weight is 495 g/mol. The van der Waals surface area contributed by atoms with Crippen LogP contribution in [0.1, 0.15) is 40.1 Å². The number of methoxy groups -OCH3 is 1. The van der Waals surface area contributed by atoms with Crippen molar-refractivity contribution in [2.24, 2.45) is 0 Å². The molecule has 2 aromatic carbocycles. The van der Waals surface area contributed by atoms with E-state index in [4.69, 9.17) is 9.47 Å². The first-order chi connectivity index (χ1) is 17.4. The van der Waals surface area contributed by atoms with Gasteiger partial charge >= 0.3 is 0 Å². The lowest BCUT2D eigenvalue weighted by Crippen LogP contribution is -2.48. The zero-order valence-corrected chi connectivity index (χ0v) is 19.8. The topological polar surface area (TPSA) is 113 Å². The number of aromatic amines is 1. The molecule has 2 bridgehead atoms. The molecule has 36 heavy (non-hydrogen) atoms. The zero-order chi connectivity index (χ0) is 25.2.